The normalized spacial score (nSPS) is 17.9. The van der Waals surface area contributed by atoms with Crippen LogP contribution in [0.25, 0.3) is 0 Å². The molecule has 1 saturated heterocycles. The van der Waals surface area contributed by atoms with Gasteiger partial charge in [-0.15, -0.1) is 11.8 Å². The molecule has 1 aliphatic rings. The zero-order chi connectivity index (χ0) is 15.4. The van der Waals surface area contributed by atoms with Gasteiger partial charge in [0.2, 0.25) is 18.2 Å². The highest BCUT2D eigenvalue weighted by Gasteiger charge is 2.27. The number of benzene rings is 1. The minimum Gasteiger partial charge on any atom is -0.344 e. The van der Waals surface area contributed by atoms with Crippen LogP contribution in [0.15, 0.2) is 23.1 Å². The van der Waals surface area contributed by atoms with Crippen LogP contribution in [0.2, 0.25) is 0 Å². The Labute approximate surface area is 123 Å². The van der Waals surface area contributed by atoms with Crippen molar-refractivity contribution in [2.45, 2.75) is 30.2 Å². The van der Waals surface area contributed by atoms with Crippen molar-refractivity contribution in [3.05, 3.63) is 24.0 Å². The number of nitrogens with one attached hydrogen (secondary N) is 2. The van der Waals surface area contributed by atoms with E-state index >= 15 is 0 Å². The van der Waals surface area contributed by atoms with Crippen LogP contribution in [0.3, 0.4) is 0 Å². The van der Waals surface area contributed by atoms with Gasteiger partial charge in [0.15, 0.2) is 0 Å². The van der Waals surface area contributed by atoms with Crippen LogP contribution in [-0.2, 0) is 9.59 Å². The van der Waals surface area contributed by atoms with E-state index in [1.165, 1.54) is 6.07 Å². The number of amides is 2. The molecule has 1 aliphatic heterocycles. The highest BCUT2D eigenvalue weighted by atomic mass is 32.2. The molecule has 2 rings (SSSR count). The Balaban J connectivity index is 2.08. The summed E-state index contributed by atoms with van der Waals surface area (Å²) in [6, 6.07) is 2.88. The molecule has 0 unspecified atom stereocenters. The van der Waals surface area contributed by atoms with Crippen LogP contribution in [0, 0.1) is 5.82 Å². The Morgan fingerprint density at radius 1 is 1.48 bits per heavy atom. The first kappa shape index (κ1) is 15.7. The van der Waals surface area contributed by atoms with Gasteiger partial charge >= 0.3 is 0 Å². The van der Waals surface area contributed by atoms with Crippen molar-refractivity contribution in [1.29, 1.82) is 0 Å². The smallest absolute Gasteiger partial charge is 0.247 e. The summed E-state index contributed by atoms with van der Waals surface area (Å²) in [7, 11) is 0. The first-order valence-corrected chi connectivity index (χ1v) is 7.25. The average Bonchev–Trinajstić information content (AvgIpc) is 2.84. The molecule has 8 heteroatoms. The van der Waals surface area contributed by atoms with Crippen LogP contribution >= 0.6 is 11.8 Å². The summed E-state index contributed by atoms with van der Waals surface area (Å²) in [6.45, 7) is 0. The second-order valence-electron chi connectivity index (χ2n) is 4.49. The first-order chi connectivity index (χ1) is 9.95. The van der Waals surface area contributed by atoms with E-state index in [9.17, 15) is 22.8 Å². The van der Waals surface area contributed by atoms with E-state index in [0.29, 0.717) is 11.3 Å². The molecule has 0 radical (unpaired) electrons. The Kier molecular flexibility index (Phi) is 5.11. The Hall–Kier alpha value is -1.70. The number of hydrogen-bond acceptors (Lipinski definition) is 3. The summed E-state index contributed by atoms with van der Waals surface area (Å²) >= 11 is 0.830. The predicted octanol–water partition coefficient (Wildman–Crippen LogP) is 2.40. The number of alkyl halides is 2. The van der Waals surface area contributed by atoms with Gasteiger partial charge in [0.05, 0.1) is 11.4 Å². The standard InChI is InChI=1S/C13H13F3N2O2S/c14-7-1-3-10(21-6-11(15)16)9(5-7)18-13(20)8-2-4-12(19)17-8/h1,3,5,8,11H,2,4,6H2,(H,17,19)(H,18,20)/t8-/m1/s1. The Morgan fingerprint density at radius 3 is 2.86 bits per heavy atom. The largest absolute Gasteiger partial charge is 0.344 e. The maximum atomic E-state index is 13.3. The zero-order valence-electron chi connectivity index (χ0n) is 10.9. The van der Waals surface area contributed by atoms with Crippen molar-refractivity contribution in [3.63, 3.8) is 0 Å². The number of anilines is 1. The lowest BCUT2D eigenvalue weighted by Crippen LogP contribution is -2.37. The molecular weight excluding hydrogens is 305 g/mol. The SMILES string of the molecule is O=C1CC[C@H](C(=O)Nc2cc(F)ccc2SCC(F)F)N1. The van der Waals surface area contributed by atoms with Crippen LogP contribution in [0.5, 0.6) is 0 Å². The molecular formula is C13H13F3N2O2S. The molecule has 1 aromatic rings. The van der Waals surface area contributed by atoms with Gasteiger partial charge in [-0.3, -0.25) is 9.59 Å². The number of hydrogen-bond donors (Lipinski definition) is 2. The van der Waals surface area contributed by atoms with Crippen molar-refractivity contribution >= 4 is 29.3 Å². The van der Waals surface area contributed by atoms with Crippen molar-refractivity contribution in [2.24, 2.45) is 0 Å². The summed E-state index contributed by atoms with van der Waals surface area (Å²) in [5.74, 6) is -1.73. The van der Waals surface area contributed by atoms with Gasteiger partial charge in [-0.1, -0.05) is 0 Å². The number of carbonyl (C=O) groups is 2. The molecule has 0 spiro atoms. The Morgan fingerprint density at radius 2 is 2.24 bits per heavy atom. The van der Waals surface area contributed by atoms with E-state index in [4.69, 9.17) is 0 Å². The van der Waals surface area contributed by atoms with Crippen molar-refractivity contribution in [2.75, 3.05) is 11.1 Å². The third-order valence-corrected chi connectivity index (χ3v) is 3.96. The predicted molar refractivity (Wildman–Crippen MR) is 72.9 cm³/mol. The topological polar surface area (TPSA) is 58.2 Å². The van der Waals surface area contributed by atoms with Gasteiger partial charge in [-0.25, -0.2) is 13.2 Å². The van der Waals surface area contributed by atoms with E-state index in [0.717, 1.165) is 23.9 Å². The van der Waals surface area contributed by atoms with Gasteiger partial charge in [0, 0.05) is 11.3 Å². The molecule has 1 fully saturated rings. The van der Waals surface area contributed by atoms with Crippen molar-refractivity contribution < 1.29 is 22.8 Å². The lowest BCUT2D eigenvalue weighted by atomic mass is 10.2. The lowest BCUT2D eigenvalue weighted by Gasteiger charge is -2.14. The summed E-state index contributed by atoms with van der Waals surface area (Å²) in [4.78, 5) is 23.4. The van der Waals surface area contributed by atoms with E-state index in [1.54, 1.807) is 0 Å². The number of carbonyl (C=O) groups excluding carboxylic acids is 2. The van der Waals surface area contributed by atoms with E-state index in [1.807, 2.05) is 0 Å². The average molecular weight is 318 g/mol. The Bertz CT molecular complexity index is 554. The molecule has 1 aromatic carbocycles. The van der Waals surface area contributed by atoms with E-state index < -0.39 is 29.9 Å². The molecule has 1 heterocycles. The fourth-order valence-corrected chi connectivity index (χ4v) is 2.64. The van der Waals surface area contributed by atoms with Crippen LogP contribution in [0.4, 0.5) is 18.9 Å². The molecule has 114 valence electrons. The maximum absolute atomic E-state index is 13.3. The van der Waals surface area contributed by atoms with Crippen molar-refractivity contribution in [3.8, 4) is 0 Å². The maximum Gasteiger partial charge on any atom is 0.247 e. The fraction of sp³-hybridized carbons (Fsp3) is 0.385. The number of thioether (sulfide) groups is 1. The van der Waals surface area contributed by atoms with Gasteiger partial charge in [0.25, 0.3) is 0 Å². The minimum atomic E-state index is -2.50. The highest BCUT2D eigenvalue weighted by Crippen LogP contribution is 2.29. The van der Waals surface area contributed by atoms with Gasteiger partial charge < -0.3 is 10.6 Å². The van der Waals surface area contributed by atoms with Crippen LogP contribution in [-0.4, -0.2) is 30.0 Å². The molecule has 1 atom stereocenters. The fourth-order valence-electron chi connectivity index (χ4n) is 1.91. The monoisotopic (exact) mass is 318 g/mol. The summed E-state index contributed by atoms with van der Waals surface area (Å²) < 4.78 is 37.8. The van der Waals surface area contributed by atoms with E-state index in [-0.39, 0.29) is 18.0 Å². The molecule has 4 nitrogen and oxygen atoms in total. The third kappa shape index (κ3) is 4.38. The third-order valence-electron chi connectivity index (χ3n) is 2.88. The van der Waals surface area contributed by atoms with Gasteiger partial charge in [-0.2, -0.15) is 0 Å². The number of halogens is 3. The van der Waals surface area contributed by atoms with Gasteiger partial charge in [0.1, 0.15) is 11.9 Å². The summed E-state index contributed by atoms with van der Waals surface area (Å²) in [6.07, 6.45) is -1.88. The summed E-state index contributed by atoms with van der Waals surface area (Å²) in [5.41, 5.74) is 0.131. The van der Waals surface area contributed by atoms with Crippen LogP contribution < -0.4 is 10.6 Å². The first-order valence-electron chi connectivity index (χ1n) is 6.26. The molecule has 0 aliphatic carbocycles. The highest BCUT2D eigenvalue weighted by molar-refractivity contribution is 7.99. The summed E-state index contributed by atoms with van der Waals surface area (Å²) in [5, 5.41) is 4.96. The molecule has 0 bridgehead atoms. The van der Waals surface area contributed by atoms with Crippen LogP contribution in [0.1, 0.15) is 12.8 Å². The number of rotatable bonds is 5. The minimum absolute atomic E-state index is 0.131. The van der Waals surface area contributed by atoms with E-state index in [2.05, 4.69) is 10.6 Å². The van der Waals surface area contributed by atoms with Gasteiger partial charge in [-0.05, 0) is 24.6 Å². The van der Waals surface area contributed by atoms with Crippen molar-refractivity contribution in [1.82, 2.24) is 5.32 Å². The lowest BCUT2D eigenvalue weighted by molar-refractivity contribution is -0.122. The molecule has 2 N–H and O–H groups in total. The molecule has 2 amide bonds. The molecule has 21 heavy (non-hydrogen) atoms. The quantitative estimate of drug-likeness (QED) is 0.820. The zero-order valence-corrected chi connectivity index (χ0v) is 11.7. The second-order valence-corrected chi connectivity index (χ2v) is 5.55. The second kappa shape index (κ2) is 6.84. The molecule has 0 saturated carbocycles. The molecule has 0 aromatic heterocycles.